The SMILES string of the molecule is CN=C(SCc1cc2c(cc1Cl)OCO2)/C(C(=O)c1ccco1)=C(/O)c1ccco1. The summed E-state index contributed by atoms with van der Waals surface area (Å²) in [6.45, 7) is 0.144. The topological polar surface area (TPSA) is 94.4 Å². The number of hydrogen-bond donors (Lipinski definition) is 1. The van der Waals surface area contributed by atoms with E-state index in [1.807, 2.05) is 0 Å². The molecule has 4 rings (SSSR count). The molecule has 9 heteroatoms. The molecule has 0 fully saturated rings. The highest BCUT2D eigenvalue weighted by molar-refractivity contribution is 8.13. The first-order chi connectivity index (χ1) is 14.6. The molecular formula is C21H16ClNO6S. The van der Waals surface area contributed by atoms with E-state index in [4.69, 9.17) is 29.9 Å². The first kappa shape index (κ1) is 20.2. The van der Waals surface area contributed by atoms with E-state index in [0.717, 1.165) is 5.56 Å². The quantitative estimate of drug-likeness (QED) is 0.179. The highest BCUT2D eigenvalue weighted by Crippen LogP contribution is 2.38. The number of ether oxygens (including phenoxy) is 2. The minimum atomic E-state index is -0.515. The number of Topliss-reactive ketones (excluding diaryl/α,β-unsaturated/α-hetero) is 1. The van der Waals surface area contributed by atoms with E-state index in [2.05, 4.69) is 4.99 Å². The van der Waals surface area contributed by atoms with Gasteiger partial charge in [-0.2, -0.15) is 0 Å². The molecule has 3 aromatic rings. The number of ketones is 1. The Hall–Kier alpha value is -3.10. The zero-order valence-corrected chi connectivity index (χ0v) is 17.3. The summed E-state index contributed by atoms with van der Waals surface area (Å²) in [5, 5.41) is 11.6. The molecule has 1 aromatic carbocycles. The molecular weight excluding hydrogens is 430 g/mol. The van der Waals surface area contributed by atoms with Crippen LogP contribution in [0.3, 0.4) is 0 Å². The monoisotopic (exact) mass is 445 g/mol. The van der Waals surface area contributed by atoms with Crippen LogP contribution >= 0.6 is 23.4 Å². The Balaban J connectivity index is 1.66. The standard InChI is InChI=1S/C21H16ClNO6S/c1-23-21(30-10-12-8-16-17(9-13(12)22)29-11-28-16)18(19(24)14-4-2-6-26-14)20(25)15-5-3-7-27-15/h2-9,24H,10-11H2,1H3/b19-18+,23-21?. The predicted molar refractivity (Wildman–Crippen MR) is 114 cm³/mol. The molecule has 2 aromatic heterocycles. The maximum Gasteiger partial charge on any atom is 0.234 e. The molecule has 0 aliphatic carbocycles. The second kappa shape index (κ2) is 8.73. The van der Waals surface area contributed by atoms with Gasteiger partial charge in [-0.15, -0.1) is 11.8 Å². The van der Waals surface area contributed by atoms with Crippen molar-refractivity contribution in [2.24, 2.45) is 4.99 Å². The molecule has 0 atom stereocenters. The van der Waals surface area contributed by atoms with Gasteiger partial charge in [0.15, 0.2) is 28.8 Å². The number of benzene rings is 1. The molecule has 0 saturated carbocycles. The van der Waals surface area contributed by atoms with Crippen LogP contribution < -0.4 is 9.47 Å². The highest BCUT2D eigenvalue weighted by Gasteiger charge is 2.27. The number of aliphatic hydroxyl groups is 1. The lowest BCUT2D eigenvalue weighted by molar-refractivity contribution is 0.101. The number of fused-ring (bicyclic) bond motifs is 1. The number of thioether (sulfide) groups is 1. The molecule has 3 heterocycles. The van der Waals surface area contributed by atoms with Crippen LogP contribution in [0.25, 0.3) is 5.76 Å². The molecule has 0 bridgehead atoms. The van der Waals surface area contributed by atoms with E-state index >= 15 is 0 Å². The zero-order valence-electron chi connectivity index (χ0n) is 15.8. The molecule has 0 amide bonds. The van der Waals surface area contributed by atoms with Crippen molar-refractivity contribution >= 4 is 39.9 Å². The van der Waals surface area contributed by atoms with Gasteiger partial charge in [-0.3, -0.25) is 9.79 Å². The van der Waals surface area contributed by atoms with Crippen molar-refractivity contribution in [3.05, 3.63) is 76.6 Å². The van der Waals surface area contributed by atoms with Gasteiger partial charge in [-0.05, 0) is 35.9 Å². The van der Waals surface area contributed by atoms with Gasteiger partial charge in [0.25, 0.3) is 0 Å². The van der Waals surface area contributed by atoms with Gasteiger partial charge < -0.3 is 23.4 Å². The van der Waals surface area contributed by atoms with E-state index in [1.54, 1.807) is 30.3 Å². The fraction of sp³-hybridized carbons (Fsp3) is 0.143. The summed E-state index contributed by atoms with van der Waals surface area (Å²) in [5.74, 6) is 0.944. The first-order valence-electron chi connectivity index (χ1n) is 8.81. The Morgan fingerprint density at radius 1 is 1.13 bits per heavy atom. The van der Waals surface area contributed by atoms with Crippen molar-refractivity contribution in [1.82, 2.24) is 0 Å². The number of nitrogens with zero attached hydrogens (tertiary/aromatic N) is 1. The Morgan fingerprint density at radius 2 is 1.80 bits per heavy atom. The number of furan rings is 2. The number of hydrogen-bond acceptors (Lipinski definition) is 8. The van der Waals surface area contributed by atoms with E-state index < -0.39 is 5.78 Å². The van der Waals surface area contributed by atoms with Crippen LogP contribution in [0.1, 0.15) is 21.9 Å². The normalized spacial score (nSPS) is 14.0. The van der Waals surface area contributed by atoms with Crippen LogP contribution in [0.15, 0.2) is 68.3 Å². The largest absolute Gasteiger partial charge is 0.504 e. The van der Waals surface area contributed by atoms with E-state index in [9.17, 15) is 9.90 Å². The van der Waals surface area contributed by atoms with Gasteiger partial charge in [0.2, 0.25) is 12.6 Å². The van der Waals surface area contributed by atoms with Crippen LogP contribution in [0.4, 0.5) is 0 Å². The van der Waals surface area contributed by atoms with Gasteiger partial charge in [-0.25, -0.2) is 0 Å². The fourth-order valence-electron chi connectivity index (χ4n) is 2.84. The van der Waals surface area contributed by atoms with Crippen LogP contribution in [0.5, 0.6) is 11.5 Å². The van der Waals surface area contributed by atoms with Crippen molar-refractivity contribution < 1.29 is 28.2 Å². The third-order valence-electron chi connectivity index (χ3n) is 4.29. The molecule has 1 aliphatic heterocycles. The summed E-state index contributed by atoms with van der Waals surface area (Å²) in [5.41, 5.74) is 0.749. The maximum atomic E-state index is 13.1. The molecule has 1 N–H and O–H groups in total. The summed E-state index contributed by atoms with van der Waals surface area (Å²) in [6.07, 6.45) is 2.79. The highest BCUT2D eigenvalue weighted by atomic mass is 35.5. The average molecular weight is 446 g/mol. The zero-order chi connectivity index (χ0) is 21.1. The van der Waals surface area contributed by atoms with E-state index in [1.165, 1.54) is 37.4 Å². The Labute approximate surface area is 180 Å². The van der Waals surface area contributed by atoms with Crippen LogP contribution in [0, 0.1) is 0 Å². The van der Waals surface area contributed by atoms with Crippen molar-refractivity contribution in [3.8, 4) is 11.5 Å². The molecule has 0 saturated heterocycles. The summed E-state index contributed by atoms with van der Waals surface area (Å²) >= 11 is 7.60. The third-order valence-corrected chi connectivity index (χ3v) is 5.75. The second-order valence-corrected chi connectivity index (χ2v) is 7.49. The molecule has 1 aliphatic rings. The second-order valence-electron chi connectivity index (χ2n) is 6.12. The van der Waals surface area contributed by atoms with Gasteiger partial charge in [0.1, 0.15) is 10.6 Å². The van der Waals surface area contributed by atoms with Crippen LogP contribution in [-0.2, 0) is 5.75 Å². The average Bonchev–Trinajstić information content (AvgIpc) is 3.52. The van der Waals surface area contributed by atoms with Gasteiger partial charge >= 0.3 is 0 Å². The number of carbonyl (C=O) groups excluding carboxylic acids is 1. The molecule has 154 valence electrons. The minimum absolute atomic E-state index is 0.0238. The Kier molecular flexibility index (Phi) is 5.87. The number of rotatable bonds is 6. The Bertz CT molecular complexity index is 1120. The molecule has 30 heavy (non-hydrogen) atoms. The predicted octanol–water partition coefficient (Wildman–Crippen LogP) is 5.37. The van der Waals surface area contributed by atoms with E-state index in [0.29, 0.717) is 27.3 Å². The summed E-state index contributed by atoms with van der Waals surface area (Å²) in [6, 6.07) is 9.75. The summed E-state index contributed by atoms with van der Waals surface area (Å²) in [4.78, 5) is 17.3. The number of carbonyl (C=O) groups is 1. The molecule has 7 nitrogen and oxygen atoms in total. The number of aliphatic hydroxyl groups excluding tert-OH is 1. The lowest BCUT2D eigenvalue weighted by Crippen LogP contribution is -2.13. The lowest BCUT2D eigenvalue weighted by Gasteiger charge is -2.12. The summed E-state index contributed by atoms with van der Waals surface area (Å²) in [7, 11) is 1.54. The van der Waals surface area contributed by atoms with Gasteiger partial charge in [-0.1, -0.05) is 11.6 Å². The van der Waals surface area contributed by atoms with Gasteiger partial charge in [0.05, 0.1) is 12.5 Å². The van der Waals surface area contributed by atoms with Crippen molar-refractivity contribution in [2.75, 3.05) is 13.8 Å². The van der Waals surface area contributed by atoms with Gasteiger partial charge in [0, 0.05) is 23.9 Å². The van der Waals surface area contributed by atoms with Crippen LogP contribution in [0.2, 0.25) is 5.02 Å². The first-order valence-corrected chi connectivity index (χ1v) is 10.2. The van der Waals surface area contributed by atoms with E-state index in [-0.39, 0.29) is 29.6 Å². The smallest absolute Gasteiger partial charge is 0.234 e. The van der Waals surface area contributed by atoms with Crippen LogP contribution in [-0.4, -0.2) is 29.8 Å². The third kappa shape index (κ3) is 3.96. The fourth-order valence-corrected chi connectivity index (χ4v) is 4.13. The summed E-state index contributed by atoms with van der Waals surface area (Å²) < 4.78 is 21.2. The molecule has 0 spiro atoms. The molecule has 0 radical (unpaired) electrons. The lowest BCUT2D eigenvalue weighted by atomic mass is 10.1. The van der Waals surface area contributed by atoms with Crippen molar-refractivity contribution in [1.29, 1.82) is 0 Å². The van der Waals surface area contributed by atoms with Crippen molar-refractivity contribution in [3.63, 3.8) is 0 Å². The maximum absolute atomic E-state index is 13.1. The minimum Gasteiger partial charge on any atom is -0.504 e. The number of halogens is 1. The van der Waals surface area contributed by atoms with Crippen molar-refractivity contribution in [2.45, 2.75) is 5.75 Å². The Morgan fingerprint density at radius 3 is 2.43 bits per heavy atom. The molecule has 0 unspecified atom stereocenters. The number of aliphatic imine (C=N–C) groups is 1.